The van der Waals surface area contributed by atoms with Gasteiger partial charge in [0, 0.05) is 18.9 Å². The van der Waals surface area contributed by atoms with Crippen molar-refractivity contribution in [2.45, 2.75) is 252 Å². The molecule has 56 heavy (non-hydrogen) atoms. The van der Waals surface area contributed by atoms with E-state index in [1.807, 2.05) is 0 Å². The van der Waals surface area contributed by atoms with E-state index in [-0.39, 0.29) is 23.9 Å². The summed E-state index contributed by atoms with van der Waals surface area (Å²) in [6.07, 6.45) is 39.0. The molecule has 0 saturated carbocycles. The Labute approximate surface area is 347 Å². The molecule has 1 heterocycles. The normalized spacial score (nSPS) is 13.3. The van der Waals surface area contributed by atoms with E-state index in [9.17, 15) is 14.4 Å². The van der Waals surface area contributed by atoms with Crippen LogP contribution >= 0.6 is 0 Å². The first-order valence-corrected chi connectivity index (χ1v) is 24.7. The molecule has 0 aliphatic carbocycles. The molecule has 7 heteroatoms. The van der Waals surface area contributed by atoms with Crippen LogP contribution in [0.15, 0.2) is 0 Å². The van der Waals surface area contributed by atoms with E-state index in [2.05, 4.69) is 37.9 Å². The Morgan fingerprint density at radius 1 is 0.464 bits per heavy atom. The van der Waals surface area contributed by atoms with Crippen LogP contribution in [0.2, 0.25) is 0 Å². The van der Waals surface area contributed by atoms with Crippen LogP contribution in [0.3, 0.4) is 0 Å². The Hall–Kier alpha value is -1.63. The predicted octanol–water partition coefficient (Wildman–Crippen LogP) is 13.4. The molecule has 0 atom stereocenters. The highest BCUT2D eigenvalue weighted by atomic mass is 16.5. The molecule has 1 aliphatic rings. The molecule has 0 bridgehead atoms. The van der Waals surface area contributed by atoms with E-state index in [1.165, 1.54) is 154 Å². The Morgan fingerprint density at radius 2 is 0.821 bits per heavy atom. The lowest BCUT2D eigenvalue weighted by molar-refractivity contribution is -0.145. The van der Waals surface area contributed by atoms with Crippen molar-refractivity contribution in [3.63, 3.8) is 0 Å². The summed E-state index contributed by atoms with van der Waals surface area (Å²) in [5, 5.41) is 3.41. The molecule has 0 aromatic carbocycles. The summed E-state index contributed by atoms with van der Waals surface area (Å²) in [6.45, 7) is 12.8. The lowest BCUT2D eigenvalue weighted by Crippen LogP contribution is -2.41. The lowest BCUT2D eigenvalue weighted by Gasteiger charge is -2.21. The number of unbranched alkanes of at least 4 members (excludes halogenated alkanes) is 16. The van der Waals surface area contributed by atoms with Crippen LogP contribution in [0.25, 0.3) is 0 Å². The van der Waals surface area contributed by atoms with Crippen LogP contribution in [-0.2, 0) is 23.9 Å². The van der Waals surface area contributed by atoms with Crippen molar-refractivity contribution in [2.75, 3.05) is 32.8 Å². The van der Waals surface area contributed by atoms with Crippen molar-refractivity contribution in [2.24, 2.45) is 11.8 Å². The van der Waals surface area contributed by atoms with Crippen LogP contribution in [0.4, 0.5) is 0 Å². The minimum Gasteiger partial charge on any atom is -0.466 e. The minimum atomic E-state index is -0.0132. The molecular formula is C49H94N2O5. The summed E-state index contributed by atoms with van der Waals surface area (Å²) in [7, 11) is 0. The molecule has 1 rings (SSSR count). The van der Waals surface area contributed by atoms with E-state index in [1.54, 1.807) is 0 Å². The topological polar surface area (TPSA) is 84.9 Å². The number of hydrogen-bond donors (Lipinski definition) is 1. The zero-order valence-electron chi connectivity index (χ0n) is 37.8. The maximum Gasteiger partial charge on any atom is 0.305 e. The largest absolute Gasteiger partial charge is 0.466 e. The second-order valence-electron chi connectivity index (χ2n) is 17.6. The summed E-state index contributed by atoms with van der Waals surface area (Å²) >= 11 is 0. The van der Waals surface area contributed by atoms with Gasteiger partial charge >= 0.3 is 11.9 Å². The fourth-order valence-electron chi connectivity index (χ4n) is 8.45. The van der Waals surface area contributed by atoms with Crippen molar-refractivity contribution in [1.29, 1.82) is 0 Å². The van der Waals surface area contributed by atoms with Gasteiger partial charge in [-0.3, -0.25) is 19.3 Å². The number of esters is 2. The highest BCUT2D eigenvalue weighted by Crippen LogP contribution is 2.22. The fraction of sp³-hybridized carbons (Fsp3) is 0.939. The quantitative estimate of drug-likeness (QED) is 0.0490. The number of carbonyl (C=O) groups is 3. The van der Waals surface area contributed by atoms with Gasteiger partial charge in [-0.05, 0) is 76.3 Å². The number of rotatable bonds is 41. The Bertz CT molecular complexity index is 835. The van der Waals surface area contributed by atoms with Gasteiger partial charge in [0.1, 0.15) is 0 Å². The third kappa shape index (κ3) is 32.3. The first-order valence-electron chi connectivity index (χ1n) is 24.7. The Morgan fingerprint density at radius 3 is 1.20 bits per heavy atom. The van der Waals surface area contributed by atoms with Crippen LogP contribution in [-0.4, -0.2) is 61.6 Å². The molecule has 0 radical (unpaired) electrons. The Balaban J connectivity index is 2.17. The van der Waals surface area contributed by atoms with E-state index >= 15 is 0 Å². The van der Waals surface area contributed by atoms with E-state index in [0.717, 1.165) is 64.5 Å². The Kier molecular flexibility index (Phi) is 36.4. The SMILES string of the molecule is CCCCC(CCCC)CCOC(=O)CCCCCCCCCC(CCCCCCCCCC(=O)OCCC(CCCC)CCCC)NC(=O)CN1CCCC1. The first-order chi connectivity index (χ1) is 27.4. The van der Waals surface area contributed by atoms with Gasteiger partial charge < -0.3 is 14.8 Å². The van der Waals surface area contributed by atoms with E-state index in [4.69, 9.17) is 9.47 Å². The zero-order valence-corrected chi connectivity index (χ0v) is 37.8. The highest BCUT2D eigenvalue weighted by molar-refractivity contribution is 5.78. The molecule has 0 spiro atoms. The van der Waals surface area contributed by atoms with Crippen molar-refractivity contribution >= 4 is 17.8 Å². The molecule has 1 N–H and O–H groups in total. The van der Waals surface area contributed by atoms with Gasteiger partial charge in [-0.2, -0.15) is 0 Å². The van der Waals surface area contributed by atoms with Crippen LogP contribution in [0.1, 0.15) is 246 Å². The fourth-order valence-corrected chi connectivity index (χ4v) is 8.45. The molecule has 1 fully saturated rings. The van der Waals surface area contributed by atoms with Gasteiger partial charge in [0.25, 0.3) is 0 Å². The molecule has 1 aliphatic heterocycles. The highest BCUT2D eigenvalue weighted by Gasteiger charge is 2.18. The summed E-state index contributed by atoms with van der Waals surface area (Å²) in [5.41, 5.74) is 0. The summed E-state index contributed by atoms with van der Waals surface area (Å²) in [4.78, 5) is 39.7. The van der Waals surface area contributed by atoms with Gasteiger partial charge in [-0.15, -0.1) is 0 Å². The van der Waals surface area contributed by atoms with Gasteiger partial charge in [-0.25, -0.2) is 0 Å². The smallest absolute Gasteiger partial charge is 0.305 e. The average Bonchev–Trinajstić information content (AvgIpc) is 3.70. The standard InChI is InChI=1S/C49H94N2O5/c1-5-9-29-44(30-10-6-2)37-41-55-48(53)35-25-21-17-13-15-19-23-33-46(50-47(52)43-51-39-27-28-40-51)34-24-20-16-14-18-22-26-36-49(54)56-42-38-45(31-11-7-3)32-12-8-4/h44-46H,5-43H2,1-4H3,(H,50,52). The molecule has 0 aromatic heterocycles. The molecule has 1 saturated heterocycles. The number of hydrogen-bond acceptors (Lipinski definition) is 6. The number of likely N-dealkylation sites (tertiary alicyclic amines) is 1. The average molecular weight is 791 g/mol. The summed E-state index contributed by atoms with van der Waals surface area (Å²) in [5.74, 6) is 1.59. The monoisotopic (exact) mass is 791 g/mol. The molecule has 330 valence electrons. The van der Waals surface area contributed by atoms with Crippen LogP contribution in [0, 0.1) is 11.8 Å². The summed E-state index contributed by atoms with van der Waals surface area (Å²) < 4.78 is 11.2. The number of ether oxygens (including phenoxy) is 2. The van der Waals surface area contributed by atoms with Crippen molar-refractivity contribution < 1.29 is 23.9 Å². The maximum absolute atomic E-state index is 12.9. The molecule has 7 nitrogen and oxygen atoms in total. The lowest BCUT2D eigenvalue weighted by atomic mass is 9.93. The van der Waals surface area contributed by atoms with Gasteiger partial charge in [0.05, 0.1) is 19.8 Å². The van der Waals surface area contributed by atoms with Gasteiger partial charge in [-0.1, -0.05) is 182 Å². The summed E-state index contributed by atoms with van der Waals surface area (Å²) in [6, 6.07) is 0.282. The minimum absolute atomic E-state index is 0.0132. The third-order valence-corrected chi connectivity index (χ3v) is 12.2. The molecule has 0 unspecified atom stereocenters. The molecule has 0 aromatic rings. The van der Waals surface area contributed by atoms with E-state index in [0.29, 0.717) is 44.4 Å². The number of amides is 1. The van der Waals surface area contributed by atoms with Crippen LogP contribution < -0.4 is 5.32 Å². The van der Waals surface area contributed by atoms with Crippen molar-refractivity contribution in [1.82, 2.24) is 10.2 Å². The second kappa shape index (κ2) is 38.9. The van der Waals surface area contributed by atoms with Crippen LogP contribution in [0.5, 0.6) is 0 Å². The van der Waals surface area contributed by atoms with E-state index < -0.39 is 0 Å². The molecule has 1 amide bonds. The third-order valence-electron chi connectivity index (χ3n) is 12.2. The maximum atomic E-state index is 12.9. The predicted molar refractivity (Wildman–Crippen MR) is 237 cm³/mol. The van der Waals surface area contributed by atoms with Gasteiger partial charge in [0.2, 0.25) is 5.91 Å². The van der Waals surface area contributed by atoms with Crippen molar-refractivity contribution in [3.05, 3.63) is 0 Å². The molecular weight excluding hydrogens is 697 g/mol. The van der Waals surface area contributed by atoms with Crippen molar-refractivity contribution in [3.8, 4) is 0 Å². The van der Waals surface area contributed by atoms with Gasteiger partial charge in [0.15, 0.2) is 0 Å². The number of nitrogens with one attached hydrogen (secondary N) is 1. The zero-order chi connectivity index (χ0) is 40.7. The first kappa shape index (κ1) is 52.4. The number of nitrogens with zero attached hydrogens (tertiary/aromatic N) is 1. The number of carbonyl (C=O) groups excluding carboxylic acids is 3. The second-order valence-corrected chi connectivity index (χ2v) is 17.6.